The molecule has 3 aromatic heterocycles. The quantitative estimate of drug-likeness (QED) is 0.236. The van der Waals surface area contributed by atoms with E-state index in [-0.39, 0.29) is 0 Å². The highest BCUT2D eigenvalue weighted by Gasteiger charge is 2.19. The van der Waals surface area contributed by atoms with Gasteiger partial charge >= 0.3 is 0 Å². The summed E-state index contributed by atoms with van der Waals surface area (Å²) in [6, 6.07) is 48.4. The summed E-state index contributed by atoms with van der Waals surface area (Å²) >= 11 is 0. The van der Waals surface area contributed by atoms with Gasteiger partial charge in [0, 0.05) is 39.2 Å². The summed E-state index contributed by atoms with van der Waals surface area (Å²) in [4.78, 5) is 10.3. The lowest BCUT2D eigenvalue weighted by molar-refractivity contribution is 0.996. The van der Waals surface area contributed by atoms with Crippen LogP contribution in [0.25, 0.3) is 66.9 Å². The number of benzene rings is 5. The summed E-state index contributed by atoms with van der Waals surface area (Å²) < 4.78 is 4.46. The number of fused-ring (bicyclic) bond motifs is 5. The molecule has 0 N–H and O–H groups in total. The van der Waals surface area contributed by atoms with E-state index in [2.05, 4.69) is 112 Å². The van der Waals surface area contributed by atoms with E-state index in [1.165, 1.54) is 21.7 Å². The van der Waals surface area contributed by atoms with Crippen molar-refractivity contribution < 1.29 is 0 Å². The molecule has 0 saturated heterocycles. The average Bonchev–Trinajstić information content (AvgIpc) is 3.61. The smallest absolute Gasteiger partial charge is 0.235 e. The van der Waals surface area contributed by atoms with Crippen LogP contribution in [-0.2, 0) is 0 Å². The van der Waals surface area contributed by atoms with Crippen molar-refractivity contribution in [3.05, 3.63) is 146 Å². The molecule has 4 nitrogen and oxygen atoms in total. The minimum Gasteiger partial charge on any atom is -0.317 e. The Bertz CT molecular complexity index is 2080. The molecule has 0 aliphatic rings. The highest BCUT2D eigenvalue weighted by Crippen LogP contribution is 2.38. The largest absolute Gasteiger partial charge is 0.317 e. The molecule has 0 saturated carbocycles. The lowest BCUT2D eigenvalue weighted by atomic mass is 10.1. The molecule has 0 atom stereocenters. The summed E-state index contributed by atoms with van der Waals surface area (Å²) in [7, 11) is 0. The van der Waals surface area contributed by atoms with Gasteiger partial charge in [0.25, 0.3) is 0 Å². The van der Waals surface area contributed by atoms with Gasteiger partial charge in [0.1, 0.15) is 0 Å². The Morgan fingerprint density at radius 1 is 0.450 bits per heavy atom. The van der Waals surface area contributed by atoms with E-state index < -0.39 is 0 Å². The van der Waals surface area contributed by atoms with E-state index in [1.54, 1.807) is 0 Å². The van der Waals surface area contributed by atoms with Gasteiger partial charge in [-0.3, -0.25) is 4.57 Å². The third-order valence-electron chi connectivity index (χ3n) is 7.59. The average molecular weight is 513 g/mol. The minimum atomic E-state index is 0.660. The summed E-state index contributed by atoms with van der Waals surface area (Å²) in [5.74, 6) is 0.660. The van der Waals surface area contributed by atoms with Crippen LogP contribution < -0.4 is 0 Å². The second kappa shape index (κ2) is 9.07. The Labute approximate surface area is 231 Å². The van der Waals surface area contributed by atoms with Crippen LogP contribution in [0.5, 0.6) is 0 Å². The molecule has 0 fully saturated rings. The molecule has 0 bridgehead atoms. The molecule has 0 aliphatic heterocycles. The van der Waals surface area contributed by atoms with Gasteiger partial charge in [-0.25, -0.2) is 9.97 Å². The number of rotatable bonds is 4. The predicted octanol–water partition coefficient (Wildman–Crippen LogP) is 8.85. The van der Waals surface area contributed by atoms with E-state index in [0.29, 0.717) is 5.95 Å². The predicted molar refractivity (Wildman–Crippen MR) is 164 cm³/mol. The topological polar surface area (TPSA) is 35.6 Å². The van der Waals surface area contributed by atoms with E-state index in [4.69, 9.17) is 9.97 Å². The Morgan fingerprint density at radius 2 is 1.00 bits per heavy atom. The fourth-order valence-electron chi connectivity index (χ4n) is 5.76. The monoisotopic (exact) mass is 512 g/mol. The fourth-order valence-corrected chi connectivity index (χ4v) is 5.76. The molecule has 8 rings (SSSR count). The van der Waals surface area contributed by atoms with Crippen molar-refractivity contribution in [2.45, 2.75) is 0 Å². The van der Waals surface area contributed by atoms with Crippen molar-refractivity contribution in [3.63, 3.8) is 0 Å². The van der Waals surface area contributed by atoms with Gasteiger partial charge in [-0.15, -0.1) is 0 Å². The van der Waals surface area contributed by atoms with Gasteiger partial charge in [-0.2, -0.15) is 0 Å². The second-order valence-corrected chi connectivity index (χ2v) is 9.94. The van der Waals surface area contributed by atoms with E-state index in [9.17, 15) is 0 Å². The van der Waals surface area contributed by atoms with Crippen molar-refractivity contribution in [1.29, 1.82) is 0 Å². The van der Waals surface area contributed by atoms with E-state index in [1.807, 2.05) is 42.5 Å². The van der Waals surface area contributed by atoms with E-state index in [0.717, 1.165) is 39.2 Å². The molecule has 40 heavy (non-hydrogen) atoms. The van der Waals surface area contributed by atoms with Crippen LogP contribution in [0.2, 0.25) is 0 Å². The Kier molecular flexibility index (Phi) is 5.10. The lowest BCUT2D eigenvalue weighted by Gasteiger charge is -2.12. The van der Waals surface area contributed by atoms with Crippen molar-refractivity contribution in [2.75, 3.05) is 0 Å². The summed E-state index contributed by atoms with van der Waals surface area (Å²) in [6.45, 7) is 0. The van der Waals surface area contributed by atoms with Crippen LogP contribution in [0.3, 0.4) is 0 Å². The zero-order valence-electron chi connectivity index (χ0n) is 21.6. The van der Waals surface area contributed by atoms with Gasteiger partial charge in [-0.1, -0.05) is 97.1 Å². The molecule has 4 heteroatoms. The van der Waals surface area contributed by atoms with Crippen molar-refractivity contribution in [3.8, 4) is 34.2 Å². The maximum atomic E-state index is 5.15. The second-order valence-electron chi connectivity index (χ2n) is 9.94. The molecule has 3 heterocycles. The Hall–Kier alpha value is -5.48. The molecule has 0 amide bonds. The number of hydrogen-bond acceptors (Lipinski definition) is 2. The molecular weight excluding hydrogens is 488 g/mol. The maximum absolute atomic E-state index is 5.15. The van der Waals surface area contributed by atoms with Crippen LogP contribution >= 0.6 is 0 Å². The number of nitrogens with zero attached hydrogens (tertiary/aromatic N) is 4. The first-order chi connectivity index (χ1) is 19.8. The number of aromatic nitrogens is 4. The standard InChI is InChI=1S/C36H24N4/c1-4-12-25(13-5-1)30-24-31(26-14-6-2-7-15-26)38-36(37-30)40-33-19-11-10-18-28(33)35-29-22-23-39(27-16-8-3-9-17-27)32(29)20-21-34(35)40/h1-24H. The van der Waals surface area contributed by atoms with Crippen molar-refractivity contribution in [2.24, 2.45) is 0 Å². The highest BCUT2D eigenvalue weighted by molar-refractivity contribution is 6.21. The molecule has 0 radical (unpaired) electrons. The first kappa shape index (κ1) is 22.5. The number of para-hydroxylation sites is 2. The summed E-state index contributed by atoms with van der Waals surface area (Å²) in [5.41, 5.74) is 8.40. The molecule has 8 aromatic rings. The zero-order valence-corrected chi connectivity index (χ0v) is 21.6. The Morgan fingerprint density at radius 3 is 1.68 bits per heavy atom. The summed E-state index contributed by atoms with van der Waals surface area (Å²) in [5, 5.41) is 3.60. The molecule has 0 spiro atoms. The molecule has 5 aromatic carbocycles. The minimum absolute atomic E-state index is 0.660. The lowest BCUT2D eigenvalue weighted by Crippen LogP contribution is -2.04. The molecule has 188 valence electrons. The molecule has 0 aliphatic carbocycles. The van der Waals surface area contributed by atoms with E-state index >= 15 is 0 Å². The van der Waals surface area contributed by atoms with Gasteiger partial charge in [-0.05, 0) is 42.5 Å². The number of hydrogen-bond donors (Lipinski definition) is 0. The zero-order chi connectivity index (χ0) is 26.5. The third kappa shape index (κ3) is 3.54. The normalized spacial score (nSPS) is 11.5. The van der Waals surface area contributed by atoms with Crippen LogP contribution in [0.1, 0.15) is 0 Å². The Balaban J connectivity index is 1.44. The van der Waals surface area contributed by atoms with Crippen LogP contribution in [0, 0.1) is 0 Å². The third-order valence-corrected chi connectivity index (χ3v) is 7.59. The van der Waals surface area contributed by atoms with Gasteiger partial charge in [0.2, 0.25) is 5.95 Å². The van der Waals surface area contributed by atoms with Crippen molar-refractivity contribution >= 4 is 32.7 Å². The fraction of sp³-hybridized carbons (Fsp3) is 0. The van der Waals surface area contributed by atoms with Crippen molar-refractivity contribution in [1.82, 2.24) is 19.1 Å². The van der Waals surface area contributed by atoms with Crippen LogP contribution in [0.15, 0.2) is 146 Å². The van der Waals surface area contributed by atoms with Gasteiger partial charge < -0.3 is 4.57 Å². The van der Waals surface area contributed by atoms with Crippen LogP contribution in [-0.4, -0.2) is 19.1 Å². The molecule has 0 unspecified atom stereocenters. The summed E-state index contributed by atoms with van der Waals surface area (Å²) in [6.07, 6.45) is 2.16. The van der Waals surface area contributed by atoms with Crippen LogP contribution in [0.4, 0.5) is 0 Å². The molecular formula is C36H24N4. The SMILES string of the molecule is c1ccc(-c2cc(-c3ccccc3)nc(-n3c4ccccc4c4c5ccn(-c6ccccc6)c5ccc43)n2)cc1. The van der Waals surface area contributed by atoms with Gasteiger partial charge in [0.15, 0.2) is 0 Å². The van der Waals surface area contributed by atoms with Gasteiger partial charge in [0.05, 0.1) is 27.9 Å². The maximum Gasteiger partial charge on any atom is 0.235 e. The highest BCUT2D eigenvalue weighted by atomic mass is 15.2. The first-order valence-electron chi connectivity index (χ1n) is 13.4. The first-order valence-corrected chi connectivity index (χ1v) is 13.4.